The second-order valence-corrected chi connectivity index (χ2v) is 12.4. The molecule has 0 radical (unpaired) electrons. The van der Waals surface area contributed by atoms with Crippen LogP contribution in [0, 0.1) is 34.0 Å². The first-order chi connectivity index (χ1) is 16.8. The van der Waals surface area contributed by atoms with Crippen LogP contribution in [0.1, 0.15) is 52.4 Å². The number of fused-ring (bicyclic) bond motifs is 3. The van der Waals surface area contributed by atoms with E-state index in [1.54, 1.807) is 6.92 Å². The van der Waals surface area contributed by atoms with Crippen LogP contribution >= 0.6 is 0 Å². The molecule has 1 aliphatic heterocycles. The summed E-state index contributed by atoms with van der Waals surface area (Å²) in [5.41, 5.74) is -2.11. The highest BCUT2D eigenvalue weighted by Crippen LogP contribution is 2.72. The lowest BCUT2D eigenvalue weighted by molar-refractivity contribution is -0.344. The third-order valence-corrected chi connectivity index (χ3v) is 11.0. The van der Waals surface area contributed by atoms with Gasteiger partial charge in [-0.25, -0.2) is 0 Å². The quantitative estimate of drug-likeness (QED) is 0.197. The molecule has 14 unspecified atom stereocenters. The average Bonchev–Trinajstić information content (AvgIpc) is 3.03. The van der Waals surface area contributed by atoms with Crippen molar-refractivity contribution in [1.82, 2.24) is 0 Å². The molecule has 5 aliphatic rings. The van der Waals surface area contributed by atoms with Crippen molar-refractivity contribution in [3.63, 3.8) is 0 Å². The number of aliphatic hydroxyl groups excluding tert-OH is 6. The summed E-state index contributed by atoms with van der Waals surface area (Å²) in [6.45, 7) is 7.22. The molecule has 4 saturated carbocycles. The van der Waals surface area contributed by atoms with E-state index in [1.807, 2.05) is 6.92 Å². The van der Waals surface area contributed by atoms with E-state index in [0.29, 0.717) is 31.3 Å². The Hall–Kier alpha value is -1.11. The van der Waals surface area contributed by atoms with Crippen molar-refractivity contribution in [2.24, 2.45) is 34.0 Å². The van der Waals surface area contributed by atoms with Crippen LogP contribution in [0.25, 0.3) is 0 Å². The van der Waals surface area contributed by atoms with Gasteiger partial charge in [0.15, 0.2) is 6.29 Å². The van der Waals surface area contributed by atoms with Gasteiger partial charge >= 0.3 is 5.97 Å². The van der Waals surface area contributed by atoms with Crippen LogP contribution in [0.4, 0.5) is 0 Å². The highest BCUT2D eigenvalue weighted by Gasteiger charge is 2.73. The van der Waals surface area contributed by atoms with Crippen LogP contribution in [-0.4, -0.2) is 97.3 Å². The summed E-state index contributed by atoms with van der Waals surface area (Å²) in [4.78, 5) is 12.6. The van der Waals surface area contributed by atoms with Crippen molar-refractivity contribution in [3.05, 3.63) is 12.2 Å². The zero-order valence-electron chi connectivity index (χ0n) is 20.9. The van der Waals surface area contributed by atoms with Gasteiger partial charge in [0.2, 0.25) is 0 Å². The van der Waals surface area contributed by atoms with Gasteiger partial charge in [0.25, 0.3) is 0 Å². The van der Waals surface area contributed by atoms with E-state index in [-0.39, 0.29) is 18.3 Å². The fourth-order valence-corrected chi connectivity index (χ4v) is 8.96. The fraction of sp³-hybridized carbons (Fsp3) is 0.885. The smallest absolute Gasteiger partial charge is 0.309 e. The third-order valence-electron chi connectivity index (χ3n) is 11.0. The third kappa shape index (κ3) is 3.29. The molecule has 14 atom stereocenters. The monoisotopic (exact) mass is 512 g/mol. The van der Waals surface area contributed by atoms with E-state index in [4.69, 9.17) is 9.47 Å². The minimum absolute atomic E-state index is 0.0592. The Labute approximate surface area is 210 Å². The number of carboxylic acid groups (broad SMARTS) is 1. The standard InChI is InChI=1S/C26H40O10/c1-11-12-4-5-14-25(3)15(24(2,23(33)34)7-6-16(25)28)8-17(26(14,9-12)21(11)32)36-22-20(31)19(30)18(29)13(10-27)35-22/h12-22,27-32H,1,4-10H2,2-3H3,(H,33,34). The molecule has 1 spiro atoms. The van der Waals surface area contributed by atoms with Crippen LogP contribution in [0.15, 0.2) is 12.2 Å². The van der Waals surface area contributed by atoms with Crippen molar-refractivity contribution in [1.29, 1.82) is 0 Å². The number of carbonyl (C=O) groups is 1. The van der Waals surface area contributed by atoms with Crippen LogP contribution in [0.2, 0.25) is 0 Å². The lowest BCUT2D eigenvalue weighted by Crippen LogP contribution is -2.70. The number of aliphatic carboxylic acids is 1. The van der Waals surface area contributed by atoms with Crippen molar-refractivity contribution in [3.8, 4) is 0 Å². The Balaban J connectivity index is 1.59. The molecule has 10 heteroatoms. The number of hydrogen-bond acceptors (Lipinski definition) is 9. The minimum Gasteiger partial charge on any atom is -0.481 e. The predicted octanol–water partition coefficient (Wildman–Crippen LogP) is -0.223. The Morgan fingerprint density at radius 3 is 2.39 bits per heavy atom. The van der Waals surface area contributed by atoms with Crippen LogP contribution in [0.5, 0.6) is 0 Å². The van der Waals surface area contributed by atoms with Crippen LogP contribution in [-0.2, 0) is 14.3 Å². The zero-order chi connectivity index (χ0) is 26.4. The van der Waals surface area contributed by atoms with E-state index in [1.165, 1.54) is 0 Å². The van der Waals surface area contributed by atoms with Crippen molar-refractivity contribution in [2.45, 2.75) is 101 Å². The molecule has 204 valence electrons. The molecule has 4 aliphatic carbocycles. The first-order valence-electron chi connectivity index (χ1n) is 13.1. The predicted molar refractivity (Wildman–Crippen MR) is 124 cm³/mol. The molecule has 1 heterocycles. The van der Waals surface area contributed by atoms with Crippen LogP contribution in [0.3, 0.4) is 0 Å². The summed E-state index contributed by atoms with van der Waals surface area (Å²) in [5, 5.41) is 74.2. The molecule has 5 fully saturated rings. The first-order valence-corrected chi connectivity index (χ1v) is 13.1. The number of aliphatic hydroxyl groups is 6. The van der Waals surface area contributed by atoms with Gasteiger partial charge in [-0.15, -0.1) is 0 Å². The van der Waals surface area contributed by atoms with E-state index < -0.39 is 83.8 Å². The van der Waals surface area contributed by atoms with Gasteiger partial charge in [0, 0.05) is 10.8 Å². The highest BCUT2D eigenvalue weighted by molar-refractivity contribution is 5.75. The van der Waals surface area contributed by atoms with E-state index in [9.17, 15) is 40.5 Å². The van der Waals surface area contributed by atoms with Crippen molar-refractivity contribution >= 4 is 5.97 Å². The molecule has 5 rings (SSSR count). The normalized spacial score (nSPS) is 56.7. The summed E-state index contributed by atoms with van der Waals surface area (Å²) in [6.07, 6.45) is -6.98. The molecule has 0 aromatic carbocycles. The van der Waals surface area contributed by atoms with Crippen molar-refractivity contribution in [2.75, 3.05) is 6.61 Å². The maximum absolute atomic E-state index is 12.6. The molecule has 0 aromatic heterocycles. The zero-order valence-corrected chi connectivity index (χ0v) is 20.9. The van der Waals surface area contributed by atoms with Crippen molar-refractivity contribution < 1.29 is 50.0 Å². The molecule has 0 aromatic rings. The van der Waals surface area contributed by atoms with Gasteiger partial charge < -0.3 is 45.2 Å². The molecule has 0 amide bonds. The van der Waals surface area contributed by atoms with Gasteiger partial charge in [-0.05, 0) is 68.8 Å². The molecule has 7 N–H and O–H groups in total. The Morgan fingerprint density at radius 1 is 1.06 bits per heavy atom. The topological polar surface area (TPSA) is 177 Å². The van der Waals surface area contributed by atoms with Crippen LogP contribution < -0.4 is 0 Å². The molecule has 2 bridgehead atoms. The lowest BCUT2D eigenvalue weighted by Gasteiger charge is -2.67. The SMILES string of the molecule is C=C1C2CCC3C4(C)C(O)CCC(C)(C(=O)O)C4CC(OC4OC(CO)C(O)C(O)C4O)C3(C2)C1O. The molecule has 1 saturated heterocycles. The van der Waals surface area contributed by atoms with Gasteiger partial charge in [-0.2, -0.15) is 0 Å². The summed E-state index contributed by atoms with van der Waals surface area (Å²) in [5.74, 6) is -1.66. The Morgan fingerprint density at radius 2 is 1.75 bits per heavy atom. The number of ether oxygens (including phenoxy) is 2. The van der Waals surface area contributed by atoms with Gasteiger partial charge in [0.05, 0.1) is 30.3 Å². The average molecular weight is 513 g/mol. The van der Waals surface area contributed by atoms with Gasteiger partial charge in [0.1, 0.15) is 24.4 Å². The largest absolute Gasteiger partial charge is 0.481 e. The number of carboxylic acids is 1. The van der Waals surface area contributed by atoms with E-state index >= 15 is 0 Å². The molecule has 36 heavy (non-hydrogen) atoms. The maximum Gasteiger partial charge on any atom is 0.309 e. The second kappa shape index (κ2) is 8.71. The minimum atomic E-state index is -1.62. The van der Waals surface area contributed by atoms with E-state index in [2.05, 4.69) is 6.58 Å². The summed E-state index contributed by atoms with van der Waals surface area (Å²) < 4.78 is 12.0. The Bertz CT molecular complexity index is 909. The Kier molecular flexibility index (Phi) is 6.41. The molecular weight excluding hydrogens is 472 g/mol. The van der Waals surface area contributed by atoms with Gasteiger partial charge in [-0.3, -0.25) is 4.79 Å². The summed E-state index contributed by atoms with van der Waals surface area (Å²) in [6, 6.07) is 0. The molecule has 10 nitrogen and oxygen atoms in total. The van der Waals surface area contributed by atoms with E-state index in [0.717, 1.165) is 6.42 Å². The second-order valence-electron chi connectivity index (χ2n) is 12.4. The highest BCUT2D eigenvalue weighted by atomic mass is 16.7. The van der Waals surface area contributed by atoms with Gasteiger partial charge in [-0.1, -0.05) is 13.5 Å². The number of hydrogen-bond donors (Lipinski definition) is 7. The number of rotatable bonds is 4. The first kappa shape index (κ1) is 26.5. The summed E-state index contributed by atoms with van der Waals surface area (Å²) >= 11 is 0. The molecular formula is C26H40O10. The summed E-state index contributed by atoms with van der Waals surface area (Å²) in [7, 11) is 0. The maximum atomic E-state index is 12.6. The lowest BCUT2D eigenvalue weighted by atomic mass is 9.39. The fourth-order valence-electron chi connectivity index (χ4n) is 8.96.